The lowest BCUT2D eigenvalue weighted by molar-refractivity contribution is -0.149. The molecule has 0 radical (unpaired) electrons. The highest BCUT2D eigenvalue weighted by Gasteiger charge is 2.27. The van der Waals surface area contributed by atoms with Crippen LogP contribution in [0.15, 0.2) is 0 Å². The Bertz CT molecular complexity index is 385. The summed E-state index contributed by atoms with van der Waals surface area (Å²) in [6.07, 6.45) is 7.15. The number of carbonyl (C=O) groups is 1. The third-order valence-electron chi connectivity index (χ3n) is 4.25. The Hall–Kier alpha value is -1.09. The summed E-state index contributed by atoms with van der Waals surface area (Å²) in [6.45, 7) is 8.43. The summed E-state index contributed by atoms with van der Waals surface area (Å²) in [5.41, 5.74) is -0.613. The van der Waals surface area contributed by atoms with Gasteiger partial charge >= 0.3 is 5.97 Å². The Morgan fingerprint density at radius 1 is 1.45 bits per heavy atom. The number of aliphatic hydroxyl groups excluding tert-OH is 1. The number of ether oxygens (including phenoxy) is 2. The van der Waals surface area contributed by atoms with Gasteiger partial charge in [-0.2, -0.15) is 0 Å². The molecule has 1 saturated heterocycles. The summed E-state index contributed by atoms with van der Waals surface area (Å²) in [6, 6.07) is 0. The minimum absolute atomic E-state index is 0.00517. The summed E-state index contributed by atoms with van der Waals surface area (Å²) < 4.78 is 10.7. The van der Waals surface area contributed by atoms with Crippen LogP contribution in [-0.4, -0.2) is 60.5 Å². The van der Waals surface area contributed by atoms with Gasteiger partial charge in [0.25, 0.3) is 0 Å². The fourth-order valence-corrected chi connectivity index (χ4v) is 2.49. The van der Waals surface area contributed by atoms with Gasteiger partial charge in [0, 0.05) is 6.54 Å². The van der Waals surface area contributed by atoms with Gasteiger partial charge in [-0.25, -0.2) is 0 Å². The minimum Gasteiger partial charge on any atom is -0.466 e. The van der Waals surface area contributed by atoms with Crippen molar-refractivity contribution < 1.29 is 19.4 Å². The van der Waals surface area contributed by atoms with Crippen molar-refractivity contribution in [2.75, 3.05) is 32.8 Å². The molecule has 1 N–H and O–H groups in total. The van der Waals surface area contributed by atoms with E-state index in [0.717, 1.165) is 25.9 Å². The second-order valence-electron chi connectivity index (χ2n) is 6.02. The van der Waals surface area contributed by atoms with Gasteiger partial charge in [0.05, 0.1) is 25.2 Å². The Morgan fingerprint density at radius 3 is 2.59 bits per heavy atom. The molecule has 1 rings (SSSR count). The van der Waals surface area contributed by atoms with Crippen LogP contribution in [0.25, 0.3) is 0 Å². The van der Waals surface area contributed by atoms with Crippen LogP contribution in [-0.2, 0) is 14.3 Å². The van der Waals surface area contributed by atoms with Gasteiger partial charge in [0.1, 0.15) is 5.60 Å². The first-order chi connectivity index (χ1) is 10.4. The molecular formula is C17H29NO4. The topological polar surface area (TPSA) is 59.0 Å². The van der Waals surface area contributed by atoms with E-state index in [1.807, 2.05) is 20.8 Å². The largest absolute Gasteiger partial charge is 0.466 e. The predicted octanol–water partition coefficient (Wildman–Crippen LogP) is 1.44. The molecule has 0 aromatic heterocycles. The Labute approximate surface area is 134 Å². The van der Waals surface area contributed by atoms with Crippen LogP contribution in [0.1, 0.15) is 40.0 Å². The van der Waals surface area contributed by atoms with E-state index < -0.39 is 11.7 Å². The number of aliphatic hydroxyl groups is 1. The maximum atomic E-state index is 11.7. The maximum Gasteiger partial charge on any atom is 0.309 e. The molecule has 0 aromatic carbocycles. The number of likely N-dealkylation sites (tertiary alicyclic amines) is 1. The number of carbonyl (C=O) groups excluding carboxylic acids is 1. The number of piperidine rings is 1. The monoisotopic (exact) mass is 311 g/mol. The molecule has 5 nitrogen and oxygen atoms in total. The number of nitrogens with zero attached hydrogens (tertiary/aromatic N) is 1. The summed E-state index contributed by atoms with van der Waals surface area (Å²) in [4.78, 5) is 13.8. The number of β-amino-alcohol motifs (C(OH)–C–C–N with tert-alkyl or cyclic N) is 1. The molecule has 1 fully saturated rings. The van der Waals surface area contributed by atoms with E-state index in [0.29, 0.717) is 19.6 Å². The highest BCUT2D eigenvalue weighted by atomic mass is 16.5. The molecule has 0 unspecified atom stereocenters. The number of hydrogen-bond donors (Lipinski definition) is 1. The molecule has 0 aliphatic carbocycles. The van der Waals surface area contributed by atoms with Gasteiger partial charge in [0.2, 0.25) is 0 Å². The quantitative estimate of drug-likeness (QED) is 0.543. The molecule has 126 valence electrons. The van der Waals surface area contributed by atoms with Gasteiger partial charge < -0.3 is 19.5 Å². The van der Waals surface area contributed by atoms with Crippen LogP contribution >= 0.6 is 0 Å². The second kappa shape index (κ2) is 9.14. The summed E-state index contributed by atoms with van der Waals surface area (Å²) >= 11 is 0. The van der Waals surface area contributed by atoms with Crippen LogP contribution in [0, 0.1) is 18.3 Å². The molecular weight excluding hydrogens is 282 g/mol. The standard InChI is InChI=1S/C17H29NO4/c1-5-17(4,6-2)22-13-15(19)12-18-10-8-14(9-11-18)16(20)21-7-3/h1,14-15,19H,6-13H2,2-4H3/t15-,17-/m0/s1. The van der Waals surface area contributed by atoms with Gasteiger partial charge in [-0.05, 0) is 46.2 Å². The number of rotatable bonds is 8. The molecule has 2 atom stereocenters. The van der Waals surface area contributed by atoms with Crippen molar-refractivity contribution >= 4 is 5.97 Å². The first kappa shape index (κ1) is 19.0. The smallest absolute Gasteiger partial charge is 0.309 e. The minimum atomic E-state index is -0.613. The van der Waals surface area contributed by atoms with Crippen molar-refractivity contribution in [3.63, 3.8) is 0 Å². The molecule has 0 aromatic rings. The Balaban J connectivity index is 2.29. The summed E-state index contributed by atoms with van der Waals surface area (Å²) in [5.74, 6) is 2.52. The third-order valence-corrected chi connectivity index (χ3v) is 4.25. The molecule has 5 heteroatoms. The number of esters is 1. The van der Waals surface area contributed by atoms with Crippen LogP contribution in [0.3, 0.4) is 0 Å². The third kappa shape index (κ3) is 5.96. The number of hydrogen-bond acceptors (Lipinski definition) is 5. The molecule has 0 bridgehead atoms. The van der Waals surface area contributed by atoms with E-state index in [9.17, 15) is 9.90 Å². The first-order valence-electron chi connectivity index (χ1n) is 8.12. The average Bonchev–Trinajstić information content (AvgIpc) is 2.53. The highest BCUT2D eigenvalue weighted by molar-refractivity contribution is 5.72. The van der Waals surface area contributed by atoms with E-state index in [2.05, 4.69) is 10.8 Å². The van der Waals surface area contributed by atoms with Crippen molar-refractivity contribution in [2.24, 2.45) is 5.92 Å². The molecule has 1 aliphatic heterocycles. The van der Waals surface area contributed by atoms with Gasteiger partial charge in [-0.15, -0.1) is 6.42 Å². The van der Waals surface area contributed by atoms with E-state index >= 15 is 0 Å². The van der Waals surface area contributed by atoms with Gasteiger partial charge in [-0.1, -0.05) is 12.8 Å². The van der Waals surface area contributed by atoms with Crippen molar-refractivity contribution in [3.05, 3.63) is 0 Å². The second-order valence-corrected chi connectivity index (χ2v) is 6.02. The van der Waals surface area contributed by atoms with Crippen molar-refractivity contribution in [2.45, 2.75) is 51.7 Å². The molecule has 22 heavy (non-hydrogen) atoms. The summed E-state index contributed by atoms with van der Waals surface area (Å²) in [5, 5.41) is 10.1. The highest BCUT2D eigenvalue weighted by Crippen LogP contribution is 2.19. The van der Waals surface area contributed by atoms with Crippen molar-refractivity contribution in [3.8, 4) is 12.3 Å². The molecule has 1 heterocycles. The zero-order valence-corrected chi connectivity index (χ0v) is 14.0. The van der Waals surface area contributed by atoms with E-state index in [1.165, 1.54) is 0 Å². The van der Waals surface area contributed by atoms with Gasteiger partial charge in [0.15, 0.2) is 0 Å². The first-order valence-corrected chi connectivity index (χ1v) is 8.12. The van der Waals surface area contributed by atoms with Gasteiger partial charge in [-0.3, -0.25) is 4.79 Å². The van der Waals surface area contributed by atoms with E-state index in [4.69, 9.17) is 15.9 Å². The van der Waals surface area contributed by atoms with E-state index in [1.54, 1.807) is 0 Å². The zero-order valence-electron chi connectivity index (χ0n) is 14.0. The zero-order chi connectivity index (χ0) is 16.6. The van der Waals surface area contributed by atoms with E-state index in [-0.39, 0.29) is 18.5 Å². The summed E-state index contributed by atoms with van der Waals surface area (Å²) in [7, 11) is 0. The normalized spacial score (nSPS) is 20.9. The molecule has 1 aliphatic rings. The lowest BCUT2D eigenvalue weighted by Crippen LogP contribution is -2.43. The van der Waals surface area contributed by atoms with Crippen LogP contribution in [0.4, 0.5) is 0 Å². The number of terminal acetylenes is 1. The predicted molar refractivity (Wildman–Crippen MR) is 85.3 cm³/mol. The Kier molecular flexibility index (Phi) is 7.88. The van der Waals surface area contributed by atoms with Crippen molar-refractivity contribution in [1.82, 2.24) is 4.90 Å². The molecule has 0 spiro atoms. The van der Waals surface area contributed by atoms with Crippen LogP contribution < -0.4 is 0 Å². The molecule has 0 saturated carbocycles. The van der Waals surface area contributed by atoms with Crippen molar-refractivity contribution in [1.29, 1.82) is 0 Å². The van der Waals surface area contributed by atoms with Crippen LogP contribution in [0.2, 0.25) is 0 Å². The fourth-order valence-electron chi connectivity index (χ4n) is 2.49. The SMILES string of the molecule is C#C[C@@](C)(CC)OC[C@@H](O)CN1CCC(C(=O)OCC)CC1. The average molecular weight is 311 g/mol. The lowest BCUT2D eigenvalue weighted by Gasteiger charge is -2.32. The van der Waals surface area contributed by atoms with Crippen LogP contribution in [0.5, 0.6) is 0 Å². The maximum absolute atomic E-state index is 11.7. The molecule has 0 amide bonds. The lowest BCUT2D eigenvalue weighted by atomic mass is 9.97. The Morgan fingerprint density at radius 2 is 2.09 bits per heavy atom. The fraction of sp³-hybridized carbons (Fsp3) is 0.824.